The van der Waals surface area contributed by atoms with Gasteiger partial charge in [-0.2, -0.15) is 0 Å². The number of rotatable bonds is 8. The molecule has 0 saturated carbocycles. The lowest BCUT2D eigenvalue weighted by Crippen LogP contribution is -2.33. The van der Waals surface area contributed by atoms with Crippen LogP contribution in [0.2, 0.25) is 0 Å². The molecule has 0 atom stereocenters. The third-order valence-electron chi connectivity index (χ3n) is 1.51. The van der Waals surface area contributed by atoms with Gasteiger partial charge in [0, 0.05) is 0 Å². The second-order valence-corrected chi connectivity index (χ2v) is 2.80. The number of hydrogen-bond acceptors (Lipinski definition) is 4. The summed E-state index contributed by atoms with van der Waals surface area (Å²) in [7, 11) is 0. The molecule has 0 amide bonds. The van der Waals surface area contributed by atoms with Crippen molar-refractivity contribution in [2.75, 3.05) is 6.61 Å². The maximum atomic E-state index is 5.09. The molecule has 0 unspecified atom stereocenters. The van der Waals surface area contributed by atoms with Crippen LogP contribution in [0.3, 0.4) is 0 Å². The minimum Gasteiger partial charge on any atom is -0.291 e. The van der Waals surface area contributed by atoms with Crippen molar-refractivity contribution in [2.45, 2.75) is 45.4 Å². The van der Waals surface area contributed by atoms with Gasteiger partial charge in [-0.25, -0.2) is 9.78 Å². The smallest absolute Gasteiger partial charge is 0.192 e. The van der Waals surface area contributed by atoms with E-state index in [4.69, 9.17) is 16.4 Å². The molecule has 0 aliphatic rings. The largest absolute Gasteiger partial charge is 0.291 e. The van der Waals surface area contributed by atoms with Gasteiger partial charge in [-0.1, -0.05) is 32.6 Å². The Bertz CT molecular complexity index is 89.1. The fourth-order valence-corrected chi connectivity index (χ4v) is 0.891. The molecular weight excluding hydrogens is 156 g/mol. The van der Waals surface area contributed by atoms with E-state index in [9.17, 15) is 0 Å². The van der Waals surface area contributed by atoms with Gasteiger partial charge in [-0.3, -0.25) is 11.5 Å². The summed E-state index contributed by atoms with van der Waals surface area (Å²) in [5, 5.41) is 0. The van der Waals surface area contributed by atoms with Gasteiger partial charge < -0.3 is 0 Å². The van der Waals surface area contributed by atoms with Crippen molar-refractivity contribution < 1.29 is 9.78 Å². The molecule has 0 spiro atoms. The standard InChI is InChI=1S/C8H20N2O2/c1-2-3-4-5-6-7-11-12-8(9)10/h8H,2-7,9-10H2,1H3. The molecule has 4 nitrogen and oxygen atoms in total. The van der Waals surface area contributed by atoms with Gasteiger partial charge in [-0.05, 0) is 6.42 Å². The first-order chi connectivity index (χ1) is 5.77. The summed E-state index contributed by atoms with van der Waals surface area (Å²) in [6.45, 7) is 2.77. The van der Waals surface area contributed by atoms with E-state index in [1.807, 2.05) is 0 Å². The monoisotopic (exact) mass is 176 g/mol. The lowest BCUT2D eigenvalue weighted by atomic mass is 10.2. The first-order valence-electron chi connectivity index (χ1n) is 4.56. The molecule has 0 aliphatic heterocycles. The van der Waals surface area contributed by atoms with Crippen molar-refractivity contribution in [3.8, 4) is 0 Å². The van der Waals surface area contributed by atoms with E-state index in [2.05, 4.69) is 11.8 Å². The van der Waals surface area contributed by atoms with Gasteiger partial charge in [0.05, 0.1) is 6.61 Å². The predicted molar refractivity (Wildman–Crippen MR) is 48.0 cm³/mol. The average molecular weight is 176 g/mol. The highest BCUT2D eigenvalue weighted by Gasteiger charge is 1.93. The maximum Gasteiger partial charge on any atom is 0.192 e. The fourth-order valence-electron chi connectivity index (χ4n) is 0.891. The molecule has 0 saturated heterocycles. The molecule has 0 bridgehead atoms. The van der Waals surface area contributed by atoms with E-state index in [1.54, 1.807) is 0 Å². The van der Waals surface area contributed by atoms with Crippen LogP contribution < -0.4 is 11.5 Å². The molecule has 4 N–H and O–H groups in total. The van der Waals surface area contributed by atoms with E-state index < -0.39 is 6.35 Å². The van der Waals surface area contributed by atoms with Gasteiger partial charge in [0.15, 0.2) is 6.35 Å². The molecule has 0 aliphatic carbocycles. The first-order valence-corrected chi connectivity index (χ1v) is 4.56. The Morgan fingerprint density at radius 3 is 2.33 bits per heavy atom. The minimum atomic E-state index is -0.819. The molecule has 0 aromatic carbocycles. The van der Waals surface area contributed by atoms with Crippen LogP contribution in [-0.4, -0.2) is 13.0 Å². The molecule has 4 heteroatoms. The van der Waals surface area contributed by atoms with Crippen LogP contribution in [0.15, 0.2) is 0 Å². The average Bonchev–Trinajstić information content (AvgIpc) is 2.02. The SMILES string of the molecule is CCCCCCCOOC(N)N. The van der Waals surface area contributed by atoms with E-state index in [0.29, 0.717) is 6.61 Å². The third-order valence-corrected chi connectivity index (χ3v) is 1.51. The van der Waals surface area contributed by atoms with Crippen molar-refractivity contribution in [2.24, 2.45) is 11.5 Å². The van der Waals surface area contributed by atoms with Gasteiger partial charge >= 0.3 is 0 Å². The first kappa shape index (κ1) is 11.8. The molecule has 0 fully saturated rings. The number of unbranched alkanes of at least 4 members (excludes halogenated alkanes) is 4. The van der Waals surface area contributed by atoms with E-state index in [-0.39, 0.29) is 0 Å². The molecule has 74 valence electrons. The van der Waals surface area contributed by atoms with Crippen LogP contribution in [0.1, 0.15) is 39.0 Å². The summed E-state index contributed by atoms with van der Waals surface area (Å²) >= 11 is 0. The highest BCUT2D eigenvalue weighted by molar-refractivity contribution is 4.40. The highest BCUT2D eigenvalue weighted by atomic mass is 17.2. The lowest BCUT2D eigenvalue weighted by Gasteiger charge is -2.05. The Balaban J connectivity index is 2.82. The Morgan fingerprint density at radius 2 is 1.75 bits per heavy atom. The fraction of sp³-hybridized carbons (Fsp3) is 1.00. The molecule has 0 radical (unpaired) electrons. The Hall–Kier alpha value is -0.160. The van der Waals surface area contributed by atoms with E-state index >= 15 is 0 Å². The number of hydrogen-bond donors (Lipinski definition) is 2. The van der Waals surface area contributed by atoms with Crippen molar-refractivity contribution in [3.63, 3.8) is 0 Å². The Morgan fingerprint density at radius 1 is 1.08 bits per heavy atom. The van der Waals surface area contributed by atoms with Crippen molar-refractivity contribution >= 4 is 0 Å². The lowest BCUT2D eigenvalue weighted by molar-refractivity contribution is -0.322. The second-order valence-electron chi connectivity index (χ2n) is 2.80. The van der Waals surface area contributed by atoms with Gasteiger partial charge in [-0.15, -0.1) is 0 Å². The molecule has 12 heavy (non-hydrogen) atoms. The Labute approximate surface area is 74.1 Å². The number of nitrogens with two attached hydrogens (primary N) is 2. The van der Waals surface area contributed by atoms with Crippen molar-refractivity contribution in [3.05, 3.63) is 0 Å². The quantitative estimate of drug-likeness (QED) is 0.251. The topological polar surface area (TPSA) is 70.5 Å². The van der Waals surface area contributed by atoms with E-state index in [0.717, 1.165) is 6.42 Å². The zero-order chi connectivity index (χ0) is 9.23. The summed E-state index contributed by atoms with van der Waals surface area (Å²) in [6, 6.07) is 0. The van der Waals surface area contributed by atoms with Crippen LogP contribution in [-0.2, 0) is 9.78 Å². The molecule has 0 heterocycles. The van der Waals surface area contributed by atoms with Gasteiger partial charge in [0.1, 0.15) is 0 Å². The van der Waals surface area contributed by atoms with Gasteiger partial charge in [0.25, 0.3) is 0 Å². The van der Waals surface area contributed by atoms with Crippen LogP contribution in [0.5, 0.6) is 0 Å². The van der Waals surface area contributed by atoms with Crippen molar-refractivity contribution in [1.29, 1.82) is 0 Å². The summed E-state index contributed by atoms with van der Waals surface area (Å²) in [5.41, 5.74) is 10.2. The third kappa shape index (κ3) is 9.84. The highest BCUT2D eigenvalue weighted by Crippen LogP contribution is 2.02. The summed E-state index contributed by atoms with van der Waals surface area (Å²) in [4.78, 5) is 9.23. The molecule has 0 rings (SSSR count). The predicted octanol–water partition coefficient (Wildman–Crippen LogP) is 1.11. The zero-order valence-corrected chi connectivity index (χ0v) is 7.79. The van der Waals surface area contributed by atoms with Crippen LogP contribution in [0.4, 0.5) is 0 Å². The minimum absolute atomic E-state index is 0.578. The zero-order valence-electron chi connectivity index (χ0n) is 7.79. The summed E-state index contributed by atoms with van der Waals surface area (Å²) in [5.74, 6) is 0. The van der Waals surface area contributed by atoms with Gasteiger partial charge in [0.2, 0.25) is 0 Å². The second kappa shape index (κ2) is 8.93. The van der Waals surface area contributed by atoms with Crippen LogP contribution >= 0.6 is 0 Å². The molecular formula is C8H20N2O2. The molecule has 0 aromatic rings. The summed E-state index contributed by atoms with van der Waals surface area (Å²) < 4.78 is 0. The Kier molecular flexibility index (Phi) is 8.81. The van der Waals surface area contributed by atoms with Crippen molar-refractivity contribution in [1.82, 2.24) is 0 Å². The van der Waals surface area contributed by atoms with E-state index in [1.165, 1.54) is 25.7 Å². The molecule has 0 aromatic heterocycles. The van der Waals surface area contributed by atoms with Crippen LogP contribution in [0, 0.1) is 0 Å². The summed E-state index contributed by atoms with van der Waals surface area (Å²) in [6.07, 6.45) is 5.17. The van der Waals surface area contributed by atoms with Crippen LogP contribution in [0.25, 0.3) is 0 Å². The maximum absolute atomic E-state index is 5.09. The normalized spacial score (nSPS) is 11.0.